The molecule has 214 valence electrons. The van der Waals surface area contributed by atoms with E-state index in [-0.39, 0.29) is 18.1 Å². The van der Waals surface area contributed by atoms with Crippen LogP contribution in [-0.2, 0) is 10.2 Å². The fraction of sp³-hybridized carbons (Fsp3) is 0.241. The van der Waals surface area contributed by atoms with Gasteiger partial charge in [0.15, 0.2) is 18.1 Å². The van der Waals surface area contributed by atoms with Crippen LogP contribution in [0.3, 0.4) is 0 Å². The standard InChI is InChI=1S/C29H26Br3ClN4O4/c1-5-40-22-12-16(24(31)25(32)26(22)41-15-23(38)35-19-9-7-18(33)8-10-19)14-34-37-27(39)20-13-17(30)6-11-21(20)36-28(37)29(2,3)4/h6-14H,5,15H2,1-4H3,(H,35,38). The average molecular weight is 770 g/mol. The maximum absolute atomic E-state index is 13.5. The van der Waals surface area contributed by atoms with Gasteiger partial charge in [-0.3, -0.25) is 9.59 Å². The maximum atomic E-state index is 13.5. The van der Waals surface area contributed by atoms with Crippen molar-refractivity contribution in [3.05, 3.63) is 88.7 Å². The van der Waals surface area contributed by atoms with Crippen LogP contribution in [0.15, 0.2) is 71.8 Å². The quantitative estimate of drug-likeness (QED) is 0.184. The molecule has 0 fully saturated rings. The zero-order valence-corrected chi connectivity index (χ0v) is 28.1. The molecule has 0 aliphatic rings. The van der Waals surface area contributed by atoms with Crippen molar-refractivity contribution < 1.29 is 14.3 Å². The summed E-state index contributed by atoms with van der Waals surface area (Å²) in [5.41, 5.74) is 1.05. The molecule has 1 aromatic heterocycles. The highest BCUT2D eigenvalue weighted by Gasteiger charge is 2.23. The van der Waals surface area contributed by atoms with Crippen molar-refractivity contribution in [2.45, 2.75) is 33.1 Å². The van der Waals surface area contributed by atoms with Crippen molar-refractivity contribution in [1.82, 2.24) is 9.66 Å². The molecule has 0 saturated carbocycles. The van der Waals surface area contributed by atoms with Crippen LogP contribution in [0.4, 0.5) is 5.69 Å². The number of halogens is 4. The van der Waals surface area contributed by atoms with Crippen molar-refractivity contribution >= 4 is 88.1 Å². The molecule has 0 aliphatic heterocycles. The lowest BCUT2D eigenvalue weighted by atomic mass is 9.95. The van der Waals surface area contributed by atoms with Gasteiger partial charge in [-0.05, 0) is 87.3 Å². The van der Waals surface area contributed by atoms with Gasteiger partial charge in [-0.2, -0.15) is 9.78 Å². The Morgan fingerprint density at radius 2 is 1.78 bits per heavy atom. The Balaban J connectivity index is 1.68. The highest BCUT2D eigenvalue weighted by atomic mass is 79.9. The highest BCUT2D eigenvalue weighted by Crippen LogP contribution is 2.42. The zero-order chi connectivity index (χ0) is 29.9. The number of carbonyl (C=O) groups is 1. The van der Waals surface area contributed by atoms with Crippen molar-refractivity contribution in [1.29, 1.82) is 0 Å². The Labute approximate surface area is 267 Å². The summed E-state index contributed by atoms with van der Waals surface area (Å²) in [4.78, 5) is 30.8. The predicted octanol–water partition coefficient (Wildman–Crippen LogP) is 7.93. The maximum Gasteiger partial charge on any atom is 0.282 e. The van der Waals surface area contributed by atoms with E-state index in [1.807, 2.05) is 33.8 Å². The predicted molar refractivity (Wildman–Crippen MR) is 174 cm³/mol. The lowest BCUT2D eigenvalue weighted by Gasteiger charge is -2.21. The van der Waals surface area contributed by atoms with Crippen LogP contribution in [0.25, 0.3) is 10.9 Å². The Morgan fingerprint density at radius 1 is 1.07 bits per heavy atom. The number of nitrogens with one attached hydrogen (secondary N) is 1. The lowest BCUT2D eigenvalue weighted by Crippen LogP contribution is -2.29. The first-order valence-electron chi connectivity index (χ1n) is 12.5. The van der Waals surface area contributed by atoms with Gasteiger partial charge in [0.25, 0.3) is 11.5 Å². The lowest BCUT2D eigenvalue weighted by molar-refractivity contribution is -0.118. The summed E-state index contributed by atoms with van der Waals surface area (Å²) in [6, 6.07) is 13.9. The van der Waals surface area contributed by atoms with Gasteiger partial charge in [0.05, 0.1) is 28.2 Å². The fourth-order valence-electron chi connectivity index (χ4n) is 3.83. The SMILES string of the molecule is CCOc1cc(C=Nn2c(C(C)(C)C)nc3ccc(Br)cc3c2=O)c(Br)c(Br)c1OCC(=O)Nc1ccc(Cl)cc1. The van der Waals surface area contributed by atoms with Crippen molar-refractivity contribution in [3.63, 3.8) is 0 Å². The summed E-state index contributed by atoms with van der Waals surface area (Å²) in [7, 11) is 0. The first kappa shape index (κ1) is 31.2. The van der Waals surface area contributed by atoms with Gasteiger partial charge in [0, 0.05) is 30.6 Å². The molecule has 0 radical (unpaired) electrons. The molecular weight excluding hydrogens is 744 g/mol. The molecule has 0 bridgehead atoms. The normalized spacial score (nSPS) is 11.7. The number of benzene rings is 3. The van der Waals surface area contributed by atoms with Gasteiger partial charge >= 0.3 is 0 Å². The van der Waals surface area contributed by atoms with E-state index in [1.54, 1.807) is 48.7 Å². The molecule has 0 unspecified atom stereocenters. The molecule has 0 saturated heterocycles. The first-order valence-corrected chi connectivity index (χ1v) is 15.2. The van der Waals surface area contributed by atoms with E-state index in [2.05, 4.69) is 58.2 Å². The Bertz CT molecular complexity index is 1700. The second-order valence-electron chi connectivity index (χ2n) is 9.91. The molecule has 0 atom stereocenters. The summed E-state index contributed by atoms with van der Waals surface area (Å²) >= 11 is 16.5. The number of rotatable bonds is 8. The van der Waals surface area contributed by atoms with Gasteiger partial charge in [0.1, 0.15) is 5.82 Å². The van der Waals surface area contributed by atoms with E-state index in [1.165, 1.54) is 4.68 Å². The Hall–Kier alpha value is -2.73. The minimum atomic E-state index is -0.462. The van der Waals surface area contributed by atoms with E-state index < -0.39 is 5.41 Å². The van der Waals surface area contributed by atoms with E-state index in [4.69, 9.17) is 26.1 Å². The molecule has 0 spiro atoms. The van der Waals surface area contributed by atoms with Crippen LogP contribution in [-0.4, -0.2) is 35.0 Å². The van der Waals surface area contributed by atoms with Crippen LogP contribution >= 0.6 is 59.4 Å². The molecule has 1 heterocycles. The monoisotopic (exact) mass is 766 g/mol. The number of hydrogen-bond donors (Lipinski definition) is 1. The van der Waals surface area contributed by atoms with Crippen LogP contribution in [0, 0.1) is 0 Å². The van der Waals surface area contributed by atoms with Crippen LogP contribution in [0.5, 0.6) is 11.5 Å². The van der Waals surface area contributed by atoms with E-state index in [0.717, 1.165) is 4.47 Å². The van der Waals surface area contributed by atoms with Crippen LogP contribution in [0.1, 0.15) is 39.1 Å². The largest absolute Gasteiger partial charge is 0.490 e. The first-order chi connectivity index (χ1) is 19.4. The third kappa shape index (κ3) is 7.38. The third-order valence-electron chi connectivity index (χ3n) is 5.72. The fourth-order valence-corrected chi connectivity index (χ4v) is 5.25. The molecule has 4 rings (SSSR count). The number of aromatic nitrogens is 2. The molecule has 12 heteroatoms. The molecular formula is C29H26Br3ClN4O4. The third-order valence-corrected chi connectivity index (χ3v) is 8.61. The zero-order valence-electron chi connectivity index (χ0n) is 22.6. The molecule has 1 N–H and O–H groups in total. The number of ether oxygens (including phenoxy) is 2. The topological polar surface area (TPSA) is 94.8 Å². The van der Waals surface area contributed by atoms with Gasteiger partial charge in [-0.15, -0.1) is 0 Å². The summed E-state index contributed by atoms with van der Waals surface area (Å²) in [5.74, 6) is 0.896. The minimum absolute atomic E-state index is 0.260. The second-order valence-corrected chi connectivity index (χ2v) is 12.8. The second kappa shape index (κ2) is 13.1. The number of carbonyl (C=O) groups excluding carboxylic acids is 1. The number of nitrogens with zero attached hydrogens (tertiary/aromatic N) is 3. The molecule has 4 aromatic rings. The number of anilines is 1. The van der Waals surface area contributed by atoms with E-state index >= 15 is 0 Å². The average Bonchev–Trinajstić information content (AvgIpc) is 2.91. The van der Waals surface area contributed by atoms with E-state index in [9.17, 15) is 9.59 Å². The summed E-state index contributed by atoms with van der Waals surface area (Å²) in [6.45, 7) is 7.86. The van der Waals surface area contributed by atoms with E-state index in [0.29, 0.717) is 60.1 Å². The number of hydrogen-bond acceptors (Lipinski definition) is 6. The van der Waals surface area contributed by atoms with Crippen molar-refractivity contribution in [2.75, 3.05) is 18.5 Å². The molecule has 41 heavy (non-hydrogen) atoms. The Kier molecular flexibility index (Phi) is 9.94. The van der Waals surface area contributed by atoms with Crippen molar-refractivity contribution in [3.8, 4) is 11.5 Å². The summed E-state index contributed by atoms with van der Waals surface area (Å²) in [6.07, 6.45) is 1.55. The number of fused-ring (bicyclic) bond motifs is 1. The van der Waals surface area contributed by atoms with Gasteiger partial charge < -0.3 is 14.8 Å². The smallest absolute Gasteiger partial charge is 0.282 e. The number of amides is 1. The summed E-state index contributed by atoms with van der Waals surface area (Å²) in [5, 5.41) is 8.34. The molecule has 0 aliphatic carbocycles. The minimum Gasteiger partial charge on any atom is -0.490 e. The van der Waals surface area contributed by atoms with Crippen molar-refractivity contribution in [2.24, 2.45) is 5.10 Å². The van der Waals surface area contributed by atoms with Crippen LogP contribution < -0.4 is 20.3 Å². The highest BCUT2D eigenvalue weighted by molar-refractivity contribution is 9.13. The van der Waals surface area contributed by atoms with Gasteiger partial charge in [0.2, 0.25) is 0 Å². The molecule has 3 aromatic carbocycles. The van der Waals surface area contributed by atoms with Gasteiger partial charge in [-0.1, -0.05) is 48.3 Å². The van der Waals surface area contributed by atoms with Gasteiger partial charge in [-0.25, -0.2) is 4.98 Å². The molecule has 1 amide bonds. The molecule has 8 nitrogen and oxygen atoms in total. The van der Waals surface area contributed by atoms with Crippen LogP contribution in [0.2, 0.25) is 5.02 Å². The Morgan fingerprint density at radius 3 is 2.44 bits per heavy atom. The summed E-state index contributed by atoms with van der Waals surface area (Å²) < 4.78 is 14.9.